The molecule has 0 aliphatic heterocycles. The van der Waals surface area contributed by atoms with Crippen LogP contribution in [0.5, 0.6) is 0 Å². The molecule has 20 heavy (non-hydrogen) atoms. The molecule has 0 fully saturated rings. The second kappa shape index (κ2) is 5.92. The van der Waals surface area contributed by atoms with E-state index in [0.29, 0.717) is 17.2 Å². The third-order valence-electron chi connectivity index (χ3n) is 2.48. The minimum atomic E-state index is -0.308. The van der Waals surface area contributed by atoms with Crippen LogP contribution in [0.4, 0.5) is 11.6 Å². The zero-order valence-electron chi connectivity index (χ0n) is 11.2. The van der Waals surface area contributed by atoms with Crippen LogP contribution in [0.2, 0.25) is 0 Å². The SMILES string of the molecule is CC(=O)Nc1cc(C(=O)Nc2cc(C)ccn2)ccn1. The Hall–Kier alpha value is -2.76. The van der Waals surface area contributed by atoms with Crippen molar-refractivity contribution < 1.29 is 9.59 Å². The van der Waals surface area contributed by atoms with Crippen LogP contribution in [0.15, 0.2) is 36.7 Å². The third-order valence-corrected chi connectivity index (χ3v) is 2.48. The lowest BCUT2D eigenvalue weighted by atomic mass is 10.2. The van der Waals surface area contributed by atoms with Gasteiger partial charge in [0.1, 0.15) is 11.6 Å². The maximum Gasteiger partial charge on any atom is 0.257 e. The topological polar surface area (TPSA) is 84.0 Å². The molecule has 0 bridgehead atoms. The van der Waals surface area contributed by atoms with E-state index in [1.165, 1.54) is 19.2 Å². The molecule has 2 aromatic heterocycles. The zero-order valence-corrected chi connectivity index (χ0v) is 11.2. The number of pyridine rings is 2. The Morgan fingerprint density at radius 2 is 1.65 bits per heavy atom. The Morgan fingerprint density at radius 3 is 2.30 bits per heavy atom. The summed E-state index contributed by atoms with van der Waals surface area (Å²) in [5, 5.41) is 5.22. The van der Waals surface area contributed by atoms with Gasteiger partial charge in [0.25, 0.3) is 5.91 Å². The Labute approximate surface area is 116 Å². The number of aryl methyl sites for hydroxylation is 1. The molecule has 102 valence electrons. The van der Waals surface area contributed by atoms with Crippen LogP contribution < -0.4 is 10.6 Å². The highest BCUT2D eigenvalue weighted by atomic mass is 16.2. The first kappa shape index (κ1) is 13.7. The van der Waals surface area contributed by atoms with Gasteiger partial charge in [0.2, 0.25) is 5.91 Å². The standard InChI is InChI=1S/C14H14N4O2/c1-9-3-5-15-12(7-9)18-14(20)11-4-6-16-13(8-11)17-10(2)19/h3-8H,1-2H3,(H,15,18,20)(H,16,17,19). The molecule has 2 amide bonds. The van der Waals surface area contributed by atoms with E-state index < -0.39 is 0 Å². The highest BCUT2D eigenvalue weighted by molar-refractivity contribution is 6.04. The molecule has 2 aromatic rings. The summed E-state index contributed by atoms with van der Waals surface area (Å²) in [5.74, 6) is 0.266. The van der Waals surface area contributed by atoms with Gasteiger partial charge in [-0.05, 0) is 36.8 Å². The first-order valence-electron chi connectivity index (χ1n) is 6.02. The Bertz CT molecular complexity index is 655. The summed E-state index contributed by atoms with van der Waals surface area (Å²) in [7, 11) is 0. The predicted molar refractivity (Wildman–Crippen MR) is 75.5 cm³/mol. The summed E-state index contributed by atoms with van der Waals surface area (Å²) in [4.78, 5) is 31.0. The van der Waals surface area contributed by atoms with E-state index in [1.807, 2.05) is 13.0 Å². The van der Waals surface area contributed by atoms with E-state index >= 15 is 0 Å². The van der Waals surface area contributed by atoms with Crippen LogP contribution in [0.3, 0.4) is 0 Å². The molecular weight excluding hydrogens is 256 g/mol. The number of hydrogen-bond donors (Lipinski definition) is 2. The van der Waals surface area contributed by atoms with Crippen molar-refractivity contribution in [2.45, 2.75) is 13.8 Å². The summed E-state index contributed by atoms with van der Waals surface area (Å²) in [6.45, 7) is 3.30. The average Bonchev–Trinajstić information content (AvgIpc) is 2.38. The normalized spacial score (nSPS) is 9.90. The summed E-state index contributed by atoms with van der Waals surface area (Å²) >= 11 is 0. The number of nitrogens with zero attached hydrogens (tertiary/aromatic N) is 2. The van der Waals surface area contributed by atoms with Gasteiger partial charge in [0.15, 0.2) is 0 Å². The second-order valence-electron chi connectivity index (χ2n) is 4.28. The Morgan fingerprint density at radius 1 is 1.00 bits per heavy atom. The molecule has 6 heteroatoms. The lowest BCUT2D eigenvalue weighted by molar-refractivity contribution is -0.114. The number of carbonyl (C=O) groups is 2. The molecule has 0 saturated heterocycles. The van der Waals surface area contributed by atoms with Gasteiger partial charge in [-0.3, -0.25) is 9.59 Å². The van der Waals surface area contributed by atoms with Gasteiger partial charge in [0.05, 0.1) is 0 Å². The van der Waals surface area contributed by atoms with Gasteiger partial charge in [-0.1, -0.05) is 0 Å². The van der Waals surface area contributed by atoms with Crippen LogP contribution >= 0.6 is 0 Å². The van der Waals surface area contributed by atoms with Crippen molar-refractivity contribution in [3.63, 3.8) is 0 Å². The zero-order chi connectivity index (χ0) is 14.5. The van der Waals surface area contributed by atoms with Crippen LogP contribution in [0.1, 0.15) is 22.8 Å². The fourth-order valence-electron chi connectivity index (χ4n) is 1.61. The molecule has 0 aliphatic carbocycles. The molecular formula is C14H14N4O2. The number of amides is 2. The van der Waals surface area contributed by atoms with Crippen molar-refractivity contribution in [3.8, 4) is 0 Å². The molecule has 2 rings (SSSR count). The molecule has 0 spiro atoms. The Kier molecular flexibility index (Phi) is 4.05. The third kappa shape index (κ3) is 3.61. The van der Waals surface area contributed by atoms with Crippen molar-refractivity contribution in [3.05, 3.63) is 47.8 Å². The highest BCUT2D eigenvalue weighted by Crippen LogP contribution is 2.11. The smallest absolute Gasteiger partial charge is 0.257 e. The average molecular weight is 270 g/mol. The van der Waals surface area contributed by atoms with Crippen molar-refractivity contribution in [2.75, 3.05) is 10.6 Å². The number of nitrogens with one attached hydrogen (secondary N) is 2. The maximum atomic E-state index is 12.1. The molecule has 0 aliphatic rings. The van der Waals surface area contributed by atoms with Gasteiger partial charge in [-0.2, -0.15) is 0 Å². The van der Waals surface area contributed by atoms with Crippen molar-refractivity contribution in [2.24, 2.45) is 0 Å². The predicted octanol–water partition coefficient (Wildman–Crippen LogP) is 2.00. The van der Waals surface area contributed by atoms with Crippen LogP contribution in [0, 0.1) is 6.92 Å². The summed E-state index contributed by atoms with van der Waals surface area (Å²) < 4.78 is 0. The molecule has 2 heterocycles. The van der Waals surface area contributed by atoms with Crippen LogP contribution in [-0.4, -0.2) is 21.8 Å². The summed E-state index contributed by atoms with van der Waals surface area (Å²) in [6.07, 6.45) is 3.09. The van der Waals surface area contributed by atoms with Gasteiger partial charge < -0.3 is 10.6 Å². The monoisotopic (exact) mass is 270 g/mol. The minimum Gasteiger partial charge on any atom is -0.311 e. The first-order chi connectivity index (χ1) is 9.54. The van der Waals surface area contributed by atoms with Crippen molar-refractivity contribution in [1.82, 2.24) is 9.97 Å². The number of anilines is 2. The molecule has 0 saturated carbocycles. The van der Waals surface area contributed by atoms with E-state index in [2.05, 4.69) is 20.6 Å². The molecule has 0 radical (unpaired) electrons. The van der Waals surface area contributed by atoms with E-state index in [9.17, 15) is 9.59 Å². The fraction of sp³-hybridized carbons (Fsp3) is 0.143. The van der Waals surface area contributed by atoms with E-state index in [1.54, 1.807) is 18.3 Å². The molecule has 2 N–H and O–H groups in total. The van der Waals surface area contributed by atoms with Crippen molar-refractivity contribution in [1.29, 1.82) is 0 Å². The van der Waals surface area contributed by atoms with E-state index in [0.717, 1.165) is 5.56 Å². The van der Waals surface area contributed by atoms with Crippen LogP contribution in [0.25, 0.3) is 0 Å². The van der Waals surface area contributed by atoms with E-state index in [-0.39, 0.29) is 11.8 Å². The lowest BCUT2D eigenvalue weighted by Crippen LogP contribution is -2.14. The first-order valence-corrected chi connectivity index (χ1v) is 6.02. The van der Waals surface area contributed by atoms with Crippen LogP contribution in [-0.2, 0) is 4.79 Å². The largest absolute Gasteiger partial charge is 0.311 e. The van der Waals surface area contributed by atoms with Crippen molar-refractivity contribution >= 4 is 23.5 Å². The number of aromatic nitrogens is 2. The molecule has 0 atom stereocenters. The molecule has 0 unspecified atom stereocenters. The summed E-state index contributed by atoms with van der Waals surface area (Å²) in [6, 6.07) is 6.69. The van der Waals surface area contributed by atoms with E-state index in [4.69, 9.17) is 0 Å². The van der Waals surface area contributed by atoms with Gasteiger partial charge >= 0.3 is 0 Å². The number of rotatable bonds is 3. The van der Waals surface area contributed by atoms with Gasteiger partial charge in [-0.15, -0.1) is 0 Å². The Balaban J connectivity index is 2.15. The summed E-state index contributed by atoms with van der Waals surface area (Å²) in [5.41, 5.74) is 1.40. The second-order valence-corrected chi connectivity index (χ2v) is 4.28. The number of hydrogen-bond acceptors (Lipinski definition) is 4. The number of carbonyl (C=O) groups excluding carboxylic acids is 2. The van der Waals surface area contributed by atoms with Gasteiger partial charge in [0, 0.05) is 24.9 Å². The maximum absolute atomic E-state index is 12.1. The lowest BCUT2D eigenvalue weighted by Gasteiger charge is -2.06. The molecule has 6 nitrogen and oxygen atoms in total. The quantitative estimate of drug-likeness (QED) is 0.893. The fourth-order valence-corrected chi connectivity index (χ4v) is 1.61. The molecule has 0 aromatic carbocycles. The minimum absolute atomic E-state index is 0.240. The highest BCUT2D eigenvalue weighted by Gasteiger charge is 2.08. The van der Waals surface area contributed by atoms with Gasteiger partial charge in [-0.25, -0.2) is 9.97 Å².